The lowest BCUT2D eigenvalue weighted by Crippen LogP contribution is -1.05. The molecule has 0 N–H and O–H groups in total. The van der Waals surface area contributed by atoms with Crippen molar-refractivity contribution in [3.8, 4) is 12.1 Å². The van der Waals surface area contributed by atoms with Crippen LogP contribution in [0.4, 0.5) is 0 Å². The Morgan fingerprint density at radius 1 is 2.00 bits per heavy atom. The van der Waals surface area contributed by atoms with Crippen LogP contribution in [0.25, 0.3) is 0 Å². The molecule has 0 saturated carbocycles. The van der Waals surface area contributed by atoms with E-state index in [0.717, 1.165) is 0 Å². The molecule has 0 saturated heterocycles. The van der Waals surface area contributed by atoms with E-state index >= 15 is 0 Å². The Hall–Kier alpha value is -0.210. The molecular weight excluding hydrogens is 71.0 g/mol. The number of hydrogen-bond acceptors (Lipinski definition) is 1. The van der Waals surface area contributed by atoms with Crippen molar-refractivity contribution in [2.45, 2.75) is 0 Å². The fourth-order valence-corrected chi connectivity index (χ4v) is 0. The molecule has 4 heavy (non-hydrogen) atoms. The summed E-state index contributed by atoms with van der Waals surface area (Å²) in [5.74, 6) is 0. The Balaban J connectivity index is 2.92. The van der Waals surface area contributed by atoms with Crippen molar-refractivity contribution in [3.05, 3.63) is 0 Å². The first kappa shape index (κ1) is 3.79. The lowest BCUT2D eigenvalue weighted by Gasteiger charge is -1.34. The topological polar surface area (TPSA) is 17.1 Å². The van der Waals surface area contributed by atoms with Crippen molar-refractivity contribution >= 4 is 8.46 Å². The molecule has 22 valence electrons. The molecule has 0 bridgehead atoms. The molecule has 0 aliphatic rings. The third-order valence-electron chi connectivity index (χ3n) is 0.0680. The largest absolute Gasteiger partial charge is 0.317 e. The zero-order valence-corrected chi connectivity index (χ0v) is 3.22. The maximum atomic E-state index is 9.15. The second kappa shape index (κ2) is 2.79. The summed E-state index contributed by atoms with van der Waals surface area (Å²) in [4.78, 5) is 0. The van der Waals surface area contributed by atoms with Crippen LogP contribution in [0.15, 0.2) is 0 Å². The molecular formula is C2H3OP. The van der Waals surface area contributed by atoms with Gasteiger partial charge in [-0.2, -0.15) is 0 Å². The molecule has 0 aliphatic heterocycles. The minimum absolute atomic E-state index is 0.940. The maximum Gasteiger partial charge on any atom is 0.131 e. The molecule has 0 amide bonds. The SMILES string of the molecule is C#C[PH2]=O. The third-order valence-corrected chi connectivity index (χ3v) is 0.204. The summed E-state index contributed by atoms with van der Waals surface area (Å²) in [6.45, 7) is 0. The lowest BCUT2D eigenvalue weighted by atomic mass is 11.4. The number of terminal acetylenes is 1. The summed E-state index contributed by atoms with van der Waals surface area (Å²) in [6, 6.07) is 0. The summed E-state index contributed by atoms with van der Waals surface area (Å²) in [5, 5.41) is 0. The Morgan fingerprint density at radius 2 is 2.25 bits per heavy atom. The Kier molecular flexibility index (Phi) is 2.64. The fraction of sp³-hybridized carbons (Fsp3) is 0. The molecule has 0 fully saturated rings. The molecule has 0 heterocycles. The van der Waals surface area contributed by atoms with Crippen molar-refractivity contribution in [2.24, 2.45) is 0 Å². The molecule has 1 nitrogen and oxygen atoms in total. The molecule has 0 aromatic rings. The van der Waals surface area contributed by atoms with Crippen molar-refractivity contribution in [1.82, 2.24) is 0 Å². The molecule has 0 radical (unpaired) electrons. The van der Waals surface area contributed by atoms with Crippen LogP contribution in [0.1, 0.15) is 0 Å². The highest BCUT2D eigenvalue weighted by atomic mass is 31.1. The first-order valence-corrected chi connectivity index (χ1v) is 1.86. The molecule has 1 unspecified atom stereocenters. The van der Waals surface area contributed by atoms with E-state index in [2.05, 4.69) is 6.42 Å². The second-order valence-corrected chi connectivity index (χ2v) is 0.854. The highest BCUT2D eigenvalue weighted by Gasteiger charge is 1.32. The van der Waals surface area contributed by atoms with Gasteiger partial charge in [0.25, 0.3) is 0 Å². The maximum absolute atomic E-state index is 9.15. The first-order chi connectivity index (χ1) is 1.91. The van der Waals surface area contributed by atoms with Gasteiger partial charge in [0.2, 0.25) is 0 Å². The van der Waals surface area contributed by atoms with E-state index in [1.165, 1.54) is 0 Å². The molecule has 0 rings (SSSR count). The second-order valence-electron chi connectivity index (χ2n) is 0.285. The monoisotopic (exact) mass is 74.0 g/mol. The van der Waals surface area contributed by atoms with Gasteiger partial charge < -0.3 is 4.57 Å². The highest BCUT2D eigenvalue weighted by molar-refractivity contribution is 7.30. The molecule has 0 aromatic heterocycles. The summed E-state index contributed by atoms with van der Waals surface area (Å²) >= 11 is 0. The average Bonchev–Trinajstić information content (AvgIpc) is 1.37. The van der Waals surface area contributed by atoms with Gasteiger partial charge in [0, 0.05) is 0 Å². The van der Waals surface area contributed by atoms with E-state index in [4.69, 9.17) is 4.57 Å². The van der Waals surface area contributed by atoms with Gasteiger partial charge in [0.05, 0.1) is 0 Å². The van der Waals surface area contributed by atoms with Crippen molar-refractivity contribution in [3.63, 3.8) is 0 Å². The third kappa shape index (κ3) is 1.79. The molecule has 0 aromatic carbocycles. The van der Waals surface area contributed by atoms with Crippen molar-refractivity contribution < 1.29 is 4.57 Å². The first-order valence-electron chi connectivity index (χ1n) is 0.813. The molecule has 2 heteroatoms. The summed E-state index contributed by atoms with van der Waals surface area (Å²) in [7, 11) is -0.940. The van der Waals surface area contributed by atoms with Gasteiger partial charge in [-0.1, -0.05) is 0 Å². The van der Waals surface area contributed by atoms with Crippen LogP contribution in [0.3, 0.4) is 0 Å². The summed E-state index contributed by atoms with van der Waals surface area (Å²) in [6.07, 6.45) is 4.50. The zero-order valence-electron chi connectivity index (χ0n) is 2.06. The Labute approximate surface area is 26.2 Å². The minimum atomic E-state index is -0.940. The normalized spacial score (nSPS) is 7.75. The van der Waals surface area contributed by atoms with Crippen LogP contribution in [0, 0.1) is 12.1 Å². The Morgan fingerprint density at radius 3 is 2.25 bits per heavy atom. The van der Waals surface area contributed by atoms with E-state index in [9.17, 15) is 0 Å². The highest BCUT2D eigenvalue weighted by Crippen LogP contribution is 1.76. The Bertz CT molecular complexity index is 51.5. The van der Waals surface area contributed by atoms with Crippen molar-refractivity contribution in [2.75, 3.05) is 0 Å². The van der Waals surface area contributed by atoms with Gasteiger partial charge in [0.15, 0.2) is 0 Å². The fourth-order valence-electron chi connectivity index (χ4n) is 0. The molecule has 0 aliphatic carbocycles. The molecule has 0 spiro atoms. The van der Waals surface area contributed by atoms with E-state index in [0.29, 0.717) is 0 Å². The predicted octanol–water partition coefficient (Wildman–Crippen LogP) is 0.333. The standard InChI is InChI=1S/C2H3OP/c1-2-4-3/h1H,4H2. The van der Waals surface area contributed by atoms with Gasteiger partial charge in [-0.05, 0) is 5.66 Å². The van der Waals surface area contributed by atoms with Crippen LogP contribution in [-0.4, -0.2) is 0 Å². The van der Waals surface area contributed by atoms with E-state index in [1.54, 1.807) is 0 Å². The number of rotatable bonds is 0. The van der Waals surface area contributed by atoms with Crippen LogP contribution < -0.4 is 0 Å². The summed E-state index contributed by atoms with van der Waals surface area (Å²) in [5.41, 5.74) is 1.96. The van der Waals surface area contributed by atoms with Gasteiger partial charge >= 0.3 is 0 Å². The van der Waals surface area contributed by atoms with Crippen LogP contribution >= 0.6 is 8.46 Å². The van der Waals surface area contributed by atoms with Gasteiger partial charge in [-0.3, -0.25) is 0 Å². The predicted molar refractivity (Wildman–Crippen MR) is 19.2 cm³/mol. The van der Waals surface area contributed by atoms with E-state index < -0.39 is 8.46 Å². The number of hydrogen-bond donors (Lipinski definition) is 0. The van der Waals surface area contributed by atoms with Crippen LogP contribution in [0.5, 0.6) is 0 Å². The van der Waals surface area contributed by atoms with Gasteiger partial charge in [-0.25, -0.2) is 0 Å². The van der Waals surface area contributed by atoms with Gasteiger partial charge in [0.1, 0.15) is 8.46 Å². The van der Waals surface area contributed by atoms with Crippen LogP contribution in [0.2, 0.25) is 0 Å². The summed E-state index contributed by atoms with van der Waals surface area (Å²) < 4.78 is 9.15. The molecule has 1 atom stereocenters. The van der Waals surface area contributed by atoms with Crippen LogP contribution in [-0.2, 0) is 4.57 Å². The minimum Gasteiger partial charge on any atom is -0.317 e. The average molecular weight is 74.0 g/mol. The zero-order chi connectivity index (χ0) is 3.41. The smallest absolute Gasteiger partial charge is 0.131 e. The van der Waals surface area contributed by atoms with E-state index in [1.807, 2.05) is 5.66 Å². The van der Waals surface area contributed by atoms with E-state index in [-0.39, 0.29) is 0 Å². The van der Waals surface area contributed by atoms with Crippen molar-refractivity contribution in [1.29, 1.82) is 0 Å². The quantitative estimate of drug-likeness (QED) is 0.299. The lowest BCUT2D eigenvalue weighted by molar-refractivity contribution is 0.603. The van der Waals surface area contributed by atoms with Gasteiger partial charge in [-0.15, -0.1) is 6.42 Å².